The SMILES string of the molecule is CCn1ccc(CN(C)C(=O)c2ccccc2OC)n1. The van der Waals surface area contributed by atoms with Gasteiger partial charge in [-0.1, -0.05) is 12.1 Å². The molecule has 0 N–H and O–H groups in total. The molecule has 2 aromatic rings. The van der Waals surface area contributed by atoms with Crippen LogP contribution in [0.25, 0.3) is 0 Å². The summed E-state index contributed by atoms with van der Waals surface area (Å²) in [5.74, 6) is 0.511. The maximum absolute atomic E-state index is 12.4. The first-order valence-corrected chi connectivity index (χ1v) is 6.56. The lowest BCUT2D eigenvalue weighted by atomic mass is 10.1. The normalized spacial score (nSPS) is 10.3. The zero-order chi connectivity index (χ0) is 14.5. The molecule has 0 unspecified atom stereocenters. The zero-order valence-electron chi connectivity index (χ0n) is 12.0. The third-order valence-electron chi connectivity index (χ3n) is 3.10. The second-order valence-electron chi connectivity index (χ2n) is 4.52. The summed E-state index contributed by atoms with van der Waals surface area (Å²) in [5.41, 5.74) is 1.44. The van der Waals surface area contributed by atoms with E-state index in [1.165, 1.54) is 0 Å². The number of aryl methyl sites for hydroxylation is 1. The molecule has 0 aliphatic heterocycles. The number of carbonyl (C=O) groups excluding carboxylic acids is 1. The van der Waals surface area contributed by atoms with Crippen LogP contribution in [0.1, 0.15) is 23.0 Å². The van der Waals surface area contributed by atoms with Crippen LogP contribution in [0.2, 0.25) is 0 Å². The van der Waals surface area contributed by atoms with E-state index in [1.54, 1.807) is 31.2 Å². The van der Waals surface area contributed by atoms with E-state index in [1.807, 2.05) is 36.0 Å². The van der Waals surface area contributed by atoms with E-state index in [0.29, 0.717) is 17.9 Å². The molecule has 0 aliphatic carbocycles. The number of para-hydroxylation sites is 1. The molecule has 0 saturated heterocycles. The lowest BCUT2D eigenvalue weighted by Gasteiger charge is -2.17. The van der Waals surface area contributed by atoms with Gasteiger partial charge in [0.05, 0.1) is 24.9 Å². The van der Waals surface area contributed by atoms with Gasteiger partial charge < -0.3 is 9.64 Å². The monoisotopic (exact) mass is 273 g/mol. The van der Waals surface area contributed by atoms with Crippen molar-refractivity contribution >= 4 is 5.91 Å². The van der Waals surface area contributed by atoms with Crippen LogP contribution < -0.4 is 4.74 Å². The number of ether oxygens (including phenoxy) is 1. The molecule has 5 nitrogen and oxygen atoms in total. The molecule has 1 amide bonds. The first kappa shape index (κ1) is 14.1. The highest BCUT2D eigenvalue weighted by molar-refractivity contribution is 5.96. The molecule has 0 radical (unpaired) electrons. The topological polar surface area (TPSA) is 47.4 Å². The van der Waals surface area contributed by atoms with Gasteiger partial charge in [0.1, 0.15) is 5.75 Å². The van der Waals surface area contributed by atoms with Gasteiger partial charge in [-0.2, -0.15) is 5.10 Å². The predicted molar refractivity (Wildman–Crippen MR) is 76.7 cm³/mol. The molecule has 2 rings (SSSR count). The van der Waals surface area contributed by atoms with E-state index >= 15 is 0 Å². The highest BCUT2D eigenvalue weighted by Gasteiger charge is 2.16. The largest absolute Gasteiger partial charge is 0.496 e. The van der Waals surface area contributed by atoms with Crippen LogP contribution in [0, 0.1) is 0 Å². The van der Waals surface area contributed by atoms with Gasteiger partial charge in [0.2, 0.25) is 0 Å². The Morgan fingerprint density at radius 3 is 2.75 bits per heavy atom. The van der Waals surface area contributed by atoms with Crippen LogP contribution in [0.15, 0.2) is 36.5 Å². The molecule has 0 atom stereocenters. The Morgan fingerprint density at radius 1 is 1.35 bits per heavy atom. The Kier molecular flexibility index (Phi) is 4.40. The number of aromatic nitrogens is 2. The van der Waals surface area contributed by atoms with Crippen LogP contribution in [0.5, 0.6) is 5.75 Å². The van der Waals surface area contributed by atoms with E-state index < -0.39 is 0 Å². The molecule has 1 heterocycles. The number of amides is 1. The first-order valence-electron chi connectivity index (χ1n) is 6.56. The molecule has 0 spiro atoms. The highest BCUT2D eigenvalue weighted by Crippen LogP contribution is 2.19. The van der Waals surface area contributed by atoms with Crippen molar-refractivity contribution < 1.29 is 9.53 Å². The van der Waals surface area contributed by atoms with Crippen molar-refractivity contribution in [1.82, 2.24) is 14.7 Å². The first-order chi connectivity index (χ1) is 9.65. The quantitative estimate of drug-likeness (QED) is 0.839. The van der Waals surface area contributed by atoms with Crippen LogP contribution in [-0.2, 0) is 13.1 Å². The lowest BCUT2D eigenvalue weighted by Crippen LogP contribution is -2.26. The third-order valence-corrected chi connectivity index (χ3v) is 3.10. The molecular weight excluding hydrogens is 254 g/mol. The standard InChI is InChI=1S/C15H19N3O2/c1-4-18-10-9-12(16-18)11-17(2)15(19)13-7-5-6-8-14(13)20-3/h5-10H,4,11H2,1-3H3. The molecule has 1 aromatic carbocycles. The van der Waals surface area contributed by atoms with Gasteiger partial charge in [-0.25, -0.2) is 0 Å². The molecule has 106 valence electrons. The third kappa shape index (κ3) is 2.99. The van der Waals surface area contributed by atoms with Crippen LogP contribution in [-0.4, -0.2) is 34.7 Å². The van der Waals surface area contributed by atoms with E-state index in [4.69, 9.17) is 4.74 Å². The van der Waals surface area contributed by atoms with E-state index in [-0.39, 0.29) is 5.91 Å². The van der Waals surface area contributed by atoms with Gasteiger partial charge in [-0.15, -0.1) is 0 Å². The summed E-state index contributed by atoms with van der Waals surface area (Å²) < 4.78 is 7.07. The second kappa shape index (κ2) is 6.23. The van der Waals surface area contributed by atoms with Gasteiger partial charge in [0, 0.05) is 19.8 Å². The fourth-order valence-electron chi connectivity index (χ4n) is 2.01. The lowest BCUT2D eigenvalue weighted by molar-refractivity contribution is 0.0780. The fraction of sp³-hybridized carbons (Fsp3) is 0.333. The van der Waals surface area contributed by atoms with Crippen molar-refractivity contribution in [2.45, 2.75) is 20.0 Å². The molecule has 0 saturated carbocycles. The van der Waals surface area contributed by atoms with Crippen LogP contribution in [0.3, 0.4) is 0 Å². The van der Waals surface area contributed by atoms with Crippen LogP contribution >= 0.6 is 0 Å². The number of rotatable bonds is 5. The average Bonchev–Trinajstić information content (AvgIpc) is 2.94. The van der Waals surface area contributed by atoms with Crippen molar-refractivity contribution in [1.29, 1.82) is 0 Å². The number of carbonyl (C=O) groups is 1. The maximum atomic E-state index is 12.4. The van der Waals surface area contributed by atoms with Gasteiger partial charge in [-0.3, -0.25) is 9.48 Å². The van der Waals surface area contributed by atoms with Crippen molar-refractivity contribution in [3.63, 3.8) is 0 Å². The highest BCUT2D eigenvalue weighted by atomic mass is 16.5. The molecule has 5 heteroatoms. The number of benzene rings is 1. The van der Waals surface area contributed by atoms with Crippen molar-refractivity contribution in [3.05, 3.63) is 47.8 Å². The van der Waals surface area contributed by atoms with Gasteiger partial charge in [-0.05, 0) is 25.1 Å². The number of methoxy groups -OCH3 is 1. The minimum Gasteiger partial charge on any atom is -0.496 e. The van der Waals surface area contributed by atoms with Gasteiger partial charge in [0.15, 0.2) is 0 Å². The molecule has 0 bridgehead atoms. The Hall–Kier alpha value is -2.30. The van der Waals surface area contributed by atoms with Crippen molar-refractivity contribution in [3.8, 4) is 5.75 Å². The molecule has 1 aromatic heterocycles. The summed E-state index contributed by atoms with van der Waals surface area (Å²) in [6.45, 7) is 3.33. The summed E-state index contributed by atoms with van der Waals surface area (Å²) in [7, 11) is 3.33. The van der Waals surface area contributed by atoms with Crippen molar-refractivity contribution in [2.24, 2.45) is 0 Å². The molecular formula is C15H19N3O2. The Labute approximate surface area is 118 Å². The summed E-state index contributed by atoms with van der Waals surface area (Å²) in [5, 5.41) is 4.38. The smallest absolute Gasteiger partial charge is 0.257 e. The number of hydrogen-bond acceptors (Lipinski definition) is 3. The van der Waals surface area contributed by atoms with Crippen LogP contribution in [0.4, 0.5) is 0 Å². The summed E-state index contributed by atoms with van der Waals surface area (Å²) in [4.78, 5) is 14.1. The van der Waals surface area contributed by atoms with Crippen molar-refractivity contribution in [2.75, 3.05) is 14.2 Å². The average molecular weight is 273 g/mol. The second-order valence-corrected chi connectivity index (χ2v) is 4.52. The zero-order valence-corrected chi connectivity index (χ0v) is 12.0. The maximum Gasteiger partial charge on any atom is 0.257 e. The van der Waals surface area contributed by atoms with E-state index in [0.717, 1.165) is 12.2 Å². The number of hydrogen-bond donors (Lipinski definition) is 0. The van der Waals surface area contributed by atoms with Gasteiger partial charge >= 0.3 is 0 Å². The summed E-state index contributed by atoms with van der Waals surface area (Å²) in [6, 6.07) is 9.15. The molecule has 0 fully saturated rings. The summed E-state index contributed by atoms with van der Waals surface area (Å²) in [6.07, 6.45) is 1.91. The number of nitrogens with zero attached hydrogens (tertiary/aromatic N) is 3. The Balaban J connectivity index is 2.12. The van der Waals surface area contributed by atoms with Gasteiger partial charge in [0.25, 0.3) is 5.91 Å². The summed E-state index contributed by atoms with van der Waals surface area (Å²) >= 11 is 0. The minimum absolute atomic E-state index is 0.0755. The van der Waals surface area contributed by atoms with E-state index in [2.05, 4.69) is 5.10 Å². The Morgan fingerprint density at radius 2 is 2.10 bits per heavy atom. The van der Waals surface area contributed by atoms with E-state index in [9.17, 15) is 4.79 Å². The fourth-order valence-corrected chi connectivity index (χ4v) is 2.01. The molecule has 0 aliphatic rings. The Bertz CT molecular complexity index is 592. The minimum atomic E-state index is -0.0755. The molecule has 20 heavy (non-hydrogen) atoms. The predicted octanol–water partition coefficient (Wildman–Crippen LogP) is 2.18.